The topological polar surface area (TPSA) is 72.5 Å². The number of nitrogens with one attached hydrogen (secondary N) is 1. The van der Waals surface area contributed by atoms with E-state index in [9.17, 15) is 17.6 Å². The van der Waals surface area contributed by atoms with Gasteiger partial charge in [0.2, 0.25) is 5.91 Å². The largest absolute Gasteiger partial charge is 0.372 e. The van der Waals surface area contributed by atoms with Gasteiger partial charge in [0.1, 0.15) is 11.4 Å². The molecule has 0 saturated heterocycles. The molecular formula is C19H22FNO4S. The smallest absolute Gasteiger partial charge is 0.221 e. The fourth-order valence-electron chi connectivity index (χ4n) is 2.50. The van der Waals surface area contributed by atoms with Crippen LogP contribution in [0.25, 0.3) is 0 Å². The zero-order chi connectivity index (χ0) is 19.2. The lowest BCUT2D eigenvalue weighted by Gasteiger charge is -2.29. The van der Waals surface area contributed by atoms with E-state index in [1.165, 1.54) is 25.3 Å². The predicted octanol–water partition coefficient (Wildman–Crippen LogP) is 2.67. The van der Waals surface area contributed by atoms with E-state index >= 15 is 0 Å². The Hall–Kier alpha value is -2.25. The minimum atomic E-state index is -3.53. The lowest BCUT2D eigenvalue weighted by atomic mass is 9.95. The first-order valence-electron chi connectivity index (χ1n) is 8.13. The van der Waals surface area contributed by atoms with Crippen molar-refractivity contribution in [3.05, 3.63) is 66.0 Å². The lowest BCUT2D eigenvalue weighted by molar-refractivity contribution is -0.122. The zero-order valence-corrected chi connectivity index (χ0v) is 15.6. The van der Waals surface area contributed by atoms with Crippen LogP contribution in [0.2, 0.25) is 0 Å². The van der Waals surface area contributed by atoms with Gasteiger partial charge in [0.25, 0.3) is 0 Å². The van der Waals surface area contributed by atoms with E-state index < -0.39 is 27.2 Å². The van der Waals surface area contributed by atoms with Crippen LogP contribution in [-0.4, -0.2) is 33.7 Å². The van der Waals surface area contributed by atoms with Gasteiger partial charge in [-0.05, 0) is 25.1 Å². The van der Waals surface area contributed by atoms with Gasteiger partial charge in [-0.15, -0.1) is 0 Å². The van der Waals surface area contributed by atoms with Crippen molar-refractivity contribution >= 4 is 15.7 Å². The Bertz CT molecular complexity index is 855. The van der Waals surface area contributed by atoms with Crippen LogP contribution in [0.4, 0.5) is 4.39 Å². The Morgan fingerprint density at radius 3 is 2.35 bits per heavy atom. The average Bonchev–Trinajstić information content (AvgIpc) is 2.65. The number of halogens is 1. The van der Waals surface area contributed by atoms with Gasteiger partial charge in [-0.1, -0.05) is 36.4 Å². The molecule has 0 fully saturated rings. The molecule has 0 aromatic heterocycles. The molecule has 1 unspecified atom stereocenters. The first kappa shape index (κ1) is 20.1. The summed E-state index contributed by atoms with van der Waals surface area (Å²) in [6.45, 7) is 1.68. The van der Waals surface area contributed by atoms with Crippen molar-refractivity contribution in [2.24, 2.45) is 0 Å². The van der Waals surface area contributed by atoms with Crippen LogP contribution in [0, 0.1) is 5.82 Å². The molecule has 1 N–H and O–H groups in total. The van der Waals surface area contributed by atoms with Crippen LogP contribution >= 0.6 is 0 Å². The third-order valence-corrected chi connectivity index (χ3v) is 5.95. The quantitative estimate of drug-likeness (QED) is 0.765. The van der Waals surface area contributed by atoms with E-state index in [1.807, 2.05) is 0 Å². The number of hydrogen-bond donors (Lipinski definition) is 1. The molecule has 2 aromatic rings. The molecule has 0 saturated carbocycles. The van der Waals surface area contributed by atoms with Crippen LogP contribution in [0.5, 0.6) is 0 Å². The second kappa shape index (κ2) is 8.42. The summed E-state index contributed by atoms with van der Waals surface area (Å²) < 4.78 is 43.8. The molecule has 140 valence electrons. The Labute approximate surface area is 153 Å². The van der Waals surface area contributed by atoms with Gasteiger partial charge >= 0.3 is 0 Å². The maximum absolute atomic E-state index is 14.0. The lowest BCUT2D eigenvalue weighted by Crippen LogP contribution is -2.41. The summed E-state index contributed by atoms with van der Waals surface area (Å²) >= 11 is 0. The average molecular weight is 379 g/mol. The normalized spacial score (nSPS) is 13.8. The van der Waals surface area contributed by atoms with Gasteiger partial charge in [0, 0.05) is 19.1 Å². The summed E-state index contributed by atoms with van der Waals surface area (Å²) in [5, 5.41) is 2.63. The molecule has 1 atom stereocenters. The number of ether oxygens (including phenoxy) is 1. The van der Waals surface area contributed by atoms with Crippen LogP contribution in [0.3, 0.4) is 0 Å². The summed E-state index contributed by atoms with van der Waals surface area (Å²) in [7, 11) is -2.10. The van der Waals surface area contributed by atoms with E-state index in [0.717, 1.165) is 0 Å². The summed E-state index contributed by atoms with van der Waals surface area (Å²) in [6, 6.07) is 14.1. The van der Waals surface area contributed by atoms with Crippen molar-refractivity contribution in [2.75, 3.05) is 19.4 Å². The number of methoxy groups -OCH3 is 1. The molecule has 2 rings (SSSR count). The van der Waals surface area contributed by atoms with E-state index in [4.69, 9.17) is 4.74 Å². The fourth-order valence-corrected chi connectivity index (χ4v) is 3.76. The Morgan fingerprint density at radius 2 is 1.73 bits per heavy atom. The van der Waals surface area contributed by atoms with Crippen molar-refractivity contribution in [2.45, 2.75) is 23.8 Å². The van der Waals surface area contributed by atoms with Crippen LogP contribution < -0.4 is 5.32 Å². The van der Waals surface area contributed by atoms with E-state index in [1.54, 1.807) is 43.3 Å². The highest BCUT2D eigenvalue weighted by Gasteiger charge is 2.30. The summed E-state index contributed by atoms with van der Waals surface area (Å²) in [4.78, 5) is 12.3. The number of rotatable bonds is 8. The number of carbonyl (C=O) groups is 1. The first-order valence-corrected chi connectivity index (χ1v) is 9.78. The van der Waals surface area contributed by atoms with Gasteiger partial charge in [-0.3, -0.25) is 4.79 Å². The molecule has 0 aliphatic heterocycles. The second-order valence-electron chi connectivity index (χ2n) is 6.07. The molecule has 1 amide bonds. The number of benzene rings is 2. The number of sulfone groups is 1. The molecule has 2 aromatic carbocycles. The molecule has 0 spiro atoms. The van der Waals surface area contributed by atoms with Crippen LogP contribution in [0.1, 0.15) is 18.9 Å². The standard InChI is InChI=1S/C19H22FNO4S/c1-19(25-2,16-10-6-7-11-17(16)20)14-21-18(22)12-13-26(23,24)15-8-4-3-5-9-15/h3-11H,12-14H2,1-2H3,(H,21,22). The zero-order valence-electron chi connectivity index (χ0n) is 14.7. The molecule has 26 heavy (non-hydrogen) atoms. The summed E-state index contributed by atoms with van der Waals surface area (Å²) in [5.74, 6) is -1.17. The van der Waals surface area contributed by atoms with Crippen molar-refractivity contribution in [3.8, 4) is 0 Å². The van der Waals surface area contributed by atoms with Crippen LogP contribution in [-0.2, 0) is 25.0 Å². The third-order valence-electron chi connectivity index (χ3n) is 4.22. The van der Waals surface area contributed by atoms with E-state index in [-0.39, 0.29) is 23.6 Å². The Morgan fingerprint density at radius 1 is 1.12 bits per heavy atom. The van der Waals surface area contributed by atoms with E-state index in [0.29, 0.717) is 5.56 Å². The number of amides is 1. The van der Waals surface area contributed by atoms with Crippen molar-refractivity contribution < 1.29 is 22.3 Å². The highest BCUT2D eigenvalue weighted by molar-refractivity contribution is 7.91. The molecule has 0 radical (unpaired) electrons. The van der Waals surface area contributed by atoms with Gasteiger partial charge in [-0.25, -0.2) is 12.8 Å². The Balaban J connectivity index is 1.96. The maximum atomic E-state index is 14.0. The molecule has 0 bridgehead atoms. The predicted molar refractivity (Wildman–Crippen MR) is 96.9 cm³/mol. The van der Waals surface area contributed by atoms with Gasteiger partial charge in [0.15, 0.2) is 9.84 Å². The highest BCUT2D eigenvalue weighted by Crippen LogP contribution is 2.26. The summed E-state index contributed by atoms with van der Waals surface area (Å²) in [6.07, 6.45) is -0.186. The van der Waals surface area contributed by atoms with Gasteiger partial charge in [0.05, 0.1) is 17.2 Å². The second-order valence-corrected chi connectivity index (χ2v) is 8.18. The number of carbonyl (C=O) groups excluding carboxylic acids is 1. The minimum absolute atomic E-state index is 0.0225. The van der Waals surface area contributed by atoms with Crippen molar-refractivity contribution in [1.82, 2.24) is 5.32 Å². The molecule has 7 heteroatoms. The minimum Gasteiger partial charge on any atom is -0.372 e. The SMILES string of the molecule is COC(C)(CNC(=O)CCS(=O)(=O)c1ccccc1)c1ccccc1F. The van der Waals surface area contributed by atoms with E-state index in [2.05, 4.69) is 5.32 Å². The molecule has 0 aliphatic carbocycles. The van der Waals surface area contributed by atoms with Crippen LogP contribution in [0.15, 0.2) is 59.5 Å². The third kappa shape index (κ3) is 4.89. The van der Waals surface area contributed by atoms with Crippen molar-refractivity contribution in [1.29, 1.82) is 0 Å². The molecule has 0 heterocycles. The fraction of sp³-hybridized carbons (Fsp3) is 0.316. The highest BCUT2D eigenvalue weighted by atomic mass is 32.2. The van der Waals surface area contributed by atoms with Crippen molar-refractivity contribution in [3.63, 3.8) is 0 Å². The van der Waals surface area contributed by atoms with Gasteiger partial charge < -0.3 is 10.1 Å². The Kier molecular flexibility index (Phi) is 6.50. The number of hydrogen-bond acceptors (Lipinski definition) is 4. The molecule has 5 nitrogen and oxygen atoms in total. The maximum Gasteiger partial charge on any atom is 0.221 e. The first-order chi connectivity index (χ1) is 12.3. The molecule has 0 aliphatic rings. The monoisotopic (exact) mass is 379 g/mol. The molecular weight excluding hydrogens is 357 g/mol. The van der Waals surface area contributed by atoms with Gasteiger partial charge in [-0.2, -0.15) is 0 Å². The summed E-state index contributed by atoms with van der Waals surface area (Å²) in [5.41, 5.74) is -0.737.